The molecule has 19 heavy (non-hydrogen) atoms. The lowest BCUT2D eigenvalue weighted by molar-refractivity contribution is -0.138. The number of carbonyl (C=O) groups excluding carboxylic acids is 1. The number of amides is 2. The first-order chi connectivity index (χ1) is 8.96. The summed E-state index contributed by atoms with van der Waals surface area (Å²) in [6, 6.07) is -0.176. The van der Waals surface area contributed by atoms with Crippen LogP contribution in [0.3, 0.4) is 0 Å². The summed E-state index contributed by atoms with van der Waals surface area (Å²) in [4.78, 5) is 24.3. The molecule has 0 radical (unpaired) electrons. The lowest BCUT2D eigenvalue weighted by Crippen LogP contribution is -2.47. The second-order valence-corrected chi connectivity index (χ2v) is 4.65. The first-order valence-corrected chi connectivity index (χ1v) is 6.71. The predicted octanol–water partition coefficient (Wildman–Crippen LogP) is 1.55. The van der Waals surface area contributed by atoms with Crippen LogP contribution < -0.4 is 5.32 Å². The average molecular weight is 274 g/mol. The Morgan fingerprint density at radius 3 is 2.42 bits per heavy atom. The summed E-state index contributed by atoms with van der Waals surface area (Å²) in [6.45, 7) is 7.20. The van der Waals surface area contributed by atoms with Crippen molar-refractivity contribution in [2.45, 2.75) is 39.7 Å². The van der Waals surface area contributed by atoms with Gasteiger partial charge in [-0.2, -0.15) is 0 Å². The quantitative estimate of drug-likeness (QED) is 0.668. The summed E-state index contributed by atoms with van der Waals surface area (Å²) >= 11 is 0. The maximum Gasteiger partial charge on any atom is 0.317 e. The predicted molar refractivity (Wildman–Crippen MR) is 73.2 cm³/mol. The van der Waals surface area contributed by atoms with E-state index in [9.17, 15) is 9.59 Å². The second kappa shape index (κ2) is 9.61. The normalized spacial score (nSPS) is 13.7. The van der Waals surface area contributed by atoms with Crippen molar-refractivity contribution in [3.05, 3.63) is 0 Å². The van der Waals surface area contributed by atoms with Gasteiger partial charge in [0, 0.05) is 26.6 Å². The van der Waals surface area contributed by atoms with Crippen molar-refractivity contribution in [1.29, 1.82) is 0 Å². The number of aliphatic carboxylic acids is 1. The molecule has 0 saturated heterocycles. The Labute approximate surface area is 115 Å². The zero-order chi connectivity index (χ0) is 14.8. The van der Waals surface area contributed by atoms with E-state index in [1.165, 1.54) is 0 Å². The van der Waals surface area contributed by atoms with Crippen molar-refractivity contribution in [2.24, 2.45) is 5.92 Å². The van der Waals surface area contributed by atoms with Crippen molar-refractivity contribution in [1.82, 2.24) is 10.2 Å². The first-order valence-electron chi connectivity index (χ1n) is 6.71. The number of carboxylic acid groups (broad SMARTS) is 1. The van der Waals surface area contributed by atoms with Crippen LogP contribution in [0.5, 0.6) is 0 Å². The molecule has 0 rings (SSSR count). The summed E-state index contributed by atoms with van der Waals surface area (Å²) in [5.74, 6) is -0.862. The van der Waals surface area contributed by atoms with E-state index >= 15 is 0 Å². The van der Waals surface area contributed by atoms with Crippen molar-refractivity contribution in [2.75, 3.05) is 26.8 Å². The smallest absolute Gasteiger partial charge is 0.317 e. The number of carboxylic acids is 1. The molecule has 6 nitrogen and oxygen atoms in total. The molecule has 2 atom stereocenters. The lowest BCUT2D eigenvalue weighted by atomic mass is 10.0. The zero-order valence-electron chi connectivity index (χ0n) is 12.3. The number of rotatable bonds is 9. The summed E-state index contributed by atoms with van der Waals surface area (Å²) in [5, 5.41) is 11.6. The van der Waals surface area contributed by atoms with E-state index in [-0.39, 0.29) is 24.4 Å². The number of carbonyl (C=O) groups is 2. The molecule has 0 bridgehead atoms. The van der Waals surface area contributed by atoms with Crippen molar-refractivity contribution >= 4 is 12.0 Å². The standard InChI is InChI=1S/C13H26N2O4/c1-5-11(7-12(16)17)8-14-13(18)15(6-2)10(3)9-19-4/h10-11H,5-9H2,1-4H3,(H,14,18)(H,16,17). The Morgan fingerprint density at radius 2 is 2.00 bits per heavy atom. The number of hydrogen-bond acceptors (Lipinski definition) is 3. The van der Waals surface area contributed by atoms with Crippen molar-refractivity contribution in [3.63, 3.8) is 0 Å². The van der Waals surface area contributed by atoms with Crippen LogP contribution in [0, 0.1) is 5.92 Å². The molecule has 2 unspecified atom stereocenters. The van der Waals surface area contributed by atoms with Crippen LogP contribution in [0.15, 0.2) is 0 Å². The highest BCUT2D eigenvalue weighted by atomic mass is 16.5. The number of nitrogens with zero attached hydrogens (tertiary/aromatic N) is 1. The van der Waals surface area contributed by atoms with E-state index in [2.05, 4.69) is 5.32 Å². The number of hydrogen-bond donors (Lipinski definition) is 2. The van der Waals surface area contributed by atoms with Gasteiger partial charge in [-0.1, -0.05) is 13.3 Å². The van der Waals surface area contributed by atoms with Gasteiger partial charge in [0.05, 0.1) is 12.6 Å². The van der Waals surface area contributed by atoms with Gasteiger partial charge in [0.1, 0.15) is 0 Å². The van der Waals surface area contributed by atoms with Gasteiger partial charge in [-0.3, -0.25) is 4.79 Å². The maximum absolute atomic E-state index is 12.0. The molecule has 2 N–H and O–H groups in total. The van der Waals surface area contributed by atoms with E-state index in [0.717, 1.165) is 6.42 Å². The Balaban J connectivity index is 4.28. The highest BCUT2D eigenvalue weighted by molar-refractivity contribution is 5.74. The average Bonchev–Trinajstić information content (AvgIpc) is 2.35. The van der Waals surface area contributed by atoms with Crippen LogP contribution in [0.2, 0.25) is 0 Å². The molecule has 0 heterocycles. The molecule has 0 aliphatic heterocycles. The fourth-order valence-electron chi connectivity index (χ4n) is 1.93. The van der Waals surface area contributed by atoms with Gasteiger partial charge in [-0.15, -0.1) is 0 Å². The molecule has 0 spiro atoms. The Kier molecular flexibility index (Phi) is 8.95. The van der Waals surface area contributed by atoms with Crippen LogP contribution in [0.25, 0.3) is 0 Å². The molecular formula is C13H26N2O4. The summed E-state index contributed by atoms with van der Waals surface area (Å²) in [5.41, 5.74) is 0. The number of urea groups is 1. The van der Waals surface area contributed by atoms with Crippen LogP contribution in [0.4, 0.5) is 4.79 Å². The molecule has 0 aromatic carbocycles. The fourth-order valence-corrected chi connectivity index (χ4v) is 1.93. The highest BCUT2D eigenvalue weighted by Gasteiger charge is 2.19. The minimum Gasteiger partial charge on any atom is -0.481 e. The van der Waals surface area contributed by atoms with E-state index in [4.69, 9.17) is 9.84 Å². The topological polar surface area (TPSA) is 78.9 Å². The van der Waals surface area contributed by atoms with Crippen LogP contribution in [0.1, 0.15) is 33.6 Å². The van der Waals surface area contributed by atoms with E-state index in [0.29, 0.717) is 19.7 Å². The number of likely N-dealkylation sites (N-methyl/N-ethyl adjacent to an activating group) is 1. The first kappa shape index (κ1) is 17.7. The third-order valence-electron chi connectivity index (χ3n) is 3.12. The van der Waals surface area contributed by atoms with Gasteiger partial charge < -0.3 is 20.1 Å². The molecule has 0 aromatic rings. The third-order valence-corrected chi connectivity index (χ3v) is 3.12. The maximum atomic E-state index is 12.0. The van der Waals surface area contributed by atoms with Gasteiger partial charge in [0.2, 0.25) is 0 Å². The van der Waals surface area contributed by atoms with Gasteiger partial charge in [-0.25, -0.2) is 4.79 Å². The van der Waals surface area contributed by atoms with E-state index < -0.39 is 5.97 Å². The van der Waals surface area contributed by atoms with Crippen molar-refractivity contribution < 1.29 is 19.4 Å². The van der Waals surface area contributed by atoms with Gasteiger partial charge in [0.25, 0.3) is 0 Å². The SMILES string of the molecule is CCC(CNC(=O)N(CC)C(C)COC)CC(=O)O. The molecule has 0 aliphatic rings. The summed E-state index contributed by atoms with van der Waals surface area (Å²) < 4.78 is 5.04. The van der Waals surface area contributed by atoms with Crippen LogP contribution >= 0.6 is 0 Å². The minimum atomic E-state index is -0.832. The van der Waals surface area contributed by atoms with Gasteiger partial charge >= 0.3 is 12.0 Å². The van der Waals surface area contributed by atoms with Crippen LogP contribution in [-0.2, 0) is 9.53 Å². The monoisotopic (exact) mass is 274 g/mol. The molecule has 2 amide bonds. The molecule has 0 fully saturated rings. The molecule has 112 valence electrons. The number of nitrogens with one attached hydrogen (secondary N) is 1. The Morgan fingerprint density at radius 1 is 1.37 bits per heavy atom. The second-order valence-electron chi connectivity index (χ2n) is 4.65. The molecule has 0 aliphatic carbocycles. The highest BCUT2D eigenvalue weighted by Crippen LogP contribution is 2.07. The van der Waals surface area contributed by atoms with Gasteiger partial charge in [0.15, 0.2) is 0 Å². The lowest BCUT2D eigenvalue weighted by Gasteiger charge is -2.28. The van der Waals surface area contributed by atoms with Crippen LogP contribution in [-0.4, -0.2) is 54.9 Å². The number of ether oxygens (including phenoxy) is 1. The molecule has 0 aromatic heterocycles. The fraction of sp³-hybridized carbons (Fsp3) is 0.846. The molecule has 0 saturated carbocycles. The summed E-state index contributed by atoms with van der Waals surface area (Å²) in [6.07, 6.45) is 0.808. The molecular weight excluding hydrogens is 248 g/mol. The Hall–Kier alpha value is -1.30. The number of methoxy groups -OCH3 is 1. The largest absolute Gasteiger partial charge is 0.481 e. The van der Waals surface area contributed by atoms with Crippen molar-refractivity contribution in [3.8, 4) is 0 Å². The van der Waals surface area contributed by atoms with Gasteiger partial charge in [-0.05, 0) is 19.8 Å². The van der Waals surface area contributed by atoms with E-state index in [1.807, 2.05) is 20.8 Å². The van der Waals surface area contributed by atoms with E-state index in [1.54, 1.807) is 12.0 Å². The summed E-state index contributed by atoms with van der Waals surface area (Å²) in [7, 11) is 1.60. The molecule has 6 heteroatoms. The third kappa shape index (κ3) is 7.00. The zero-order valence-corrected chi connectivity index (χ0v) is 12.3. The Bertz CT molecular complexity index is 284. The minimum absolute atomic E-state index is 0.00505.